The van der Waals surface area contributed by atoms with Crippen molar-refractivity contribution < 1.29 is 9.59 Å². The summed E-state index contributed by atoms with van der Waals surface area (Å²) < 4.78 is 0. The van der Waals surface area contributed by atoms with E-state index >= 15 is 0 Å². The second kappa shape index (κ2) is 7.33. The van der Waals surface area contributed by atoms with Crippen LogP contribution in [0.4, 0.5) is 10.5 Å². The van der Waals surface area contributed by atoms with E-state index in [4.69, 9.17) is 11.6 Å². The molecule has 0 aliphatic carbocycles. The second-order valence-electron chi connectivity index (χ2n) is 5.80. The Bertz CT molecular complexity index is 862. The van der Waals surface area contributed by atoms with Crippen molar-refractivity contribution in [1.82, 2.24) is 4.90 Å². The molecule has 6 heteroatoms. The molecule has 2 aromatic carbocycles. The zero-order valence-corrected chi connectivity index (χ0v) is 15.4. The van der Waals surface area contributed by atoms with Crippen LogP contribution >= 0.6 is 23.4 Å². The van der Waals surface area contributed by atoms with Gasteiger partial charge in [-0.25, -0.2) is 0 Å². The highest BCUT2D eigenvalue weighted by atomic mass is 35.5. The van der Waals surface area contributed by atoms with E-state index in [1.807, 2.05) is 44.2 Å². The number of halogens is 1. The molecular formula is C19H17ClN2O2S. The van der Waals surface area contributed by atoms with Gasteiger partial charge in [0.15, 0.2) is 0 Å². The summed E-state index contributed by atoms with van der Waals surface area (Å²) in [6, 6.07) is 13.1. The van der Waals surface area contributed by atoms with E-state index in [1.165, 1.54) is 10.5 Å². The summed E-state index contributed by atoms with van der Waals surface area (Å²) in [6.45, 7) is 4.21. The van der Waals surface area contributed by atoms with Crippen LogP contribution in [0.15, 0.2) is 47.4 Å². The number of carbonyl (C=O) groups excluding carboxylic acids is 2. The van der Waals surface area contributed by atoms with Gasteiger partial charge in [-0.3, -0.25) is 14.5 Å². The molecule has 128 valence electrons. The maximum absolute atomic E-state index is 12.5. The van der Waals surface area contributed by atoms with E-state index in [-0.39, 0.29) is 17.8 Å². The summed E-state index contributed by atoms with van der Waals surface area (Å²) in [4.78, 5) is 26.2. The Morgan fingerprint density at radius 1 is 1.08 bits per heavy atom. The van der Waals surface area contributed by atoms with E-state index < -0.39 is 0 Å². The van der Waals surface area contributed by atoms with Gasteiger partial charge in [-0.2, -0.15) is 0 Å². The number of nitrogens with zero attached hydrogens (tertiary/aromatic N) is 1. The van der Waals surface area contributed by atoms with Crippen molar-refractivity contribution in [2.45, 2.75) is 13.8 Å². The summed E-state index contributed by atoms with van der Waals surface area (Å²) >= 11 is 6.81. The molecule has 0 spiro atoms. The fourth-order valence-electron chi connectivity index (χ4n) is 2.37. The molecule has 0 aromatic heterocycles. The highest BCUT2D eigenvalue weighted by Gasteiger charge is 2.34. The number of benzene rings is 2. The summed E-state index contributed by atoms with van der Waals surface area (Å²) in [5.74, 6) is -0.290. The van der Waals surface area contributed by atoms with E-state index in [2.05, 4.69) is 5.32 Å². The lowest BCUT2D eigenvalue weighted by Crippen LogP contribution is -2.33. The van der Waals surface area contributed by atoms with Crippen LogP contribution in [0.2, 0.25) is 5.02 Å². The van der Waals surface area contributed by atoms with Crippen LogP contribution in [0.5, 0.6) is 0 Å². The van der Waals surface area contributed by atoms with Crippen LogP contribution in [-0.2, 0) is 4.79 Å². The monoisotopic (exact) mass is 372 g/mol. The van der Waals surface area contributed by atoms with E-state index in [9.17, 15) is 9.59 Å². The van der Waals surface area contributed by atoms with Crippen LogP contribution in [0, 0.1) is 13.8 Å². The minimum absolute atomic E-state index is 0.144. The molecule has 0 unspecified atom stereocenters. The highest BCUT2D eigenvalue weighted by Crippen LogP contribution is 2.32. The molecule has 1 heterocycles. The minimum Gasteiger partial charge on any atom is -0.367 e. The summed E-state index contributed by atoms with van der Waals surface area (Å²) in [7, 11) is 0. The molecule has 0 atom stereocenters. The Kier molecular flexibility index (Phi) is 5.16. The number of amides is 2. The standard InChI is InChI=1S/C19H17ClN2O2S/c1-12-3-8-16(9-13(12)2)21-11-22-18(23)17(25-19(22)24)10-14-4-6-15(20)7-5-14/h3-10,21H,11H2,1-2H3. The number of aryl methyl sites for hydroxylation is 2. The zero-order valence-electron chi connectivity index (χ0n) is 13.9. The predicted octanol–water partition coefficient (Wildman–Crippen LogP) is 5.06. The predicted molar refractivity (Wildman–Crippen MR) is 104 cm³/mol. The molecule has 1 saturated heterocycles. The first kappa shape index (κ1) is 17.6. The first-order valence-corrected chi connectivity index (χ1v) is 8.95. The number of thioether (sulfide) groups is 1. The lowest BCUT2D eigenvalue weighted by molar-refractivity contribution is -0.122. The van der Waals surface area contributed by atoms with Crippen LogP contribution in [-0.4, -0.2) is 22.7 Å². The van der Waals surface area contributed by atoms with Gasteiger partial charge < -0.3 is 5.32 Å². The van der Waals surface area contributed by atoms with Gasteiger partial charge >= 0.3 is 0 Å². The quantitative estimate of drug-likeness (QED) is 0.762. The number of rotatable bonds is 4. The fourth-order valence-corrected chi connectivity index (χ4v) is 3.33. The number of hydrogen-bond donors (Lipinski definition) is 1. The van der Waals surface area contributed by atoms with Crippen molar-refractivity contribution in [3.8, 4) is 0 Å². The number of anilines is 1. The molecule has 0 saturated carbocycles. The van der Waals surface area contributed by atoms with Gasteiger partial charge in [0.1, 0.15) is 0 Å². The van der Waals surface area contributed by atoms with Crippen LogP contribution in [0.25, 0.3) is 6.08 Å². The van der Waals surface area contributed by atoms with Crippen molar-refractivity contribution in [2.24, 2.45) is 0 Å². The Labute approximate surface area is 155 Å². The number of nitrogens with one attached hydrogen (secondary N) is 1. The smallest absolute Gasteiger partial charge is 0.295 e. The Balaban J connectivity index is 1.70. The molecule has 1 aliphatic heterocycles. The van der Waals surface area contributed by atoms with Gasteiger partial charge in [-0.15, -0.1) is 0 Å². The normalized spacial score (nSPS) is 16.0. The summed E-state index contributed by atoms with van der Waals surface area (Å²) in [6.07, 6.45) is 1.71. The van der Waals surface area contributed by atoms with Crippen molar-refractivity contribution in [1.29, 1.82) is 0 Å². The third-order valence-electron chi connectivity index (χ3n) is 3.99. The van der Waals surface area contributed by atoms with E-state index in [0.29, 0.717) is 9.93 Å². The largest absolute Gasteiger partial charge is 0.367 e. The van der Waals surface area contributed by atoms with Gasteiger partial charge in [-0.05, 0) is 72.6 Å². The second-order valence-corrected chi connectivity index (χ2v) is 7.22. The summed E-state index contributed by atoms with van der Waals surface area (Å²) in [5.41, 5.74) is 4.06. The lowest BCUT2D eigenvalue weighted by atomic mass is 10.1. The van der Waals surface area contributed by atoms with Gasteiger partial charge in [0.2, 0.25) is 0 Å². The first-order chi connectivity index (χ1) is 11.9. The van der Waals surface area contributed by atoms with E-state index in [0.717, 1.165) is 28.6 Å². The summed E-state index contributed by atoms with van der Waals surface area (Å²) in [5, 5.41) is 3.48. The van der Waals surface area contributed by atoms with Crippen molar-refractivity contribution in [3.05, 3.63) is 69.1 Å². The van der Waals surface area contributed by atoms with E-state index in [1.54, 1.807) is 18.2 Å². The average Bonchev–Trinajstić information content (AvgIpc) is 2.84. The third kappa shape index (κ3) is 4.06. The fraction of sp³-hybridized carbons (Fsp3) is 0.158. The number of carbonyl (C=O) groups is 2. The molecule has 0 bridgehead atoms. The molecule has 1 N–H and O–H groups in total. The SMILES string of the molecule is Cc1ccc(NCN2C(=O)SC(=Cc3ccc(Cl)cc3)C2=O)cc1C. The molecule has 1 aliphatic rings. The Morgan fingerprint density at radius 2 is 1.80 bits per heavy atom. The zero-order chi connectivity index (χ0) is 18.0. The van der Waals surface area contributed by atoms with Gasteiger partial charge in [0, 0.05) is 10.7 Å². The minimum atomic E-state index is -0.290. The molecule has 4 nitrogen and oxygen atoms in total. The molecule has 25 heavy (non-hydrogen) atoms. The molecule has 0 radical (unpaired) electrons. The lowest BCUT2D eigenvalue weighted by Gasteiger charge is -2.15. The Hall–Kier alpha value is -2.24. The molecule has 2 aromatic rings. The molecule has 2 amide bonds. The average molecular weight is 373 g/mol. The van der Waals surface area contributed by atoms with Crippen molar-refractivity contribution >= 4 is 46.3 Å². The highest BCUT2D eigenvalue weighted by molar-refractivity contribution is 8.18. The van der Waals surface area contributed by atoms with Crippen LogP contribution < -0.4 is 5.32 Å². The van der Waals surface area contributed by atoms with Crippen molar-refractivity contribution in [2.75, 3.05) is 12.0 Å². The van der Waals surface area contributed by atoms with Gasteiger partial charge in [-0.1, -0.05) is 29.8 Å². The third-order valence-corrected chi connectivity index (χ3v) is 5.15. The van der Waals surface area contributed by atoms with Crippen LogP contribution in [0.1, 0.15) is 16.7 Å². The maximum atomic E-state index is 12.5. The number of hydrogen-bond acceptors (Lipinski definition) is 4. The molecule has 3 rings (SSSR count). The topological polar surface area (TPSA) is 49.4 Å². The first-order valence-electron chi connectivity index (χ1n) is 7.76. The Morgan fingerprint density at radius 3 is 2.48 bits per heavy atom. The number of imide groups is 1. The van der Waals surface area contributed by atoms with Gasteiger partial charge in [0.05, 0.1) is 11.6 Å². The molecular weight excluding hydrogens is 356 g/mol. The maximum Gasteiger partial charge on any atom is 0.295 e. The molecule has 1 fully saturated rings. The van der Waals surface area contributed by atoms with Crippen molar-refractivity contribution in [3.63, 3.8) is 0 Å². The van der Waals surface area contributed by atoms with Crippen LogP contribution in [0.3, 0.4) is 0 Å². The van der Waals surface area contributed by atoms with Gasteiger partial charge in [0.25, 0.3) is 11.1 Å².